The highest BCUT2D eigenvalue weighted by molar-refractivity contribution is 9.10. The zero-order valence-electron chi connectivity index (χ0n) is 15.9. The summed E-state index contributed by atoms with van der Waals surface area (Å²) in [5, 5.41) is 7.20. The smallest absolute Gasteiger partial charge is 0.363 e. The zero-order chi connectivity index (χ0) is 20.8. The number of carbonyl (C=O) groups excluding carboxylic acids is 1. The molecule has 1 saturated heterocycles. The van der Waals surface area contributed by atoms with E-state index in [-0.39, 0.29) is 23.8 Å². The Kier molecular flexibility index (Phi) is 5.35. The van der Waals surface area contributed by atoms with E-state index in [9.17, 15) is 18.0 Å². The van der Waals surface area contributed by atoms with Gasteiger partial charge in [0.2, 0.25) is 0 Å². The second kappa shape index (κ2) is 7.66. The van der Waals surface area contributed by atoms with Crippen LogP contribution in [-0.4, -0.2) is 39.9 Å². The Morgan fingerprint density at radius 1 is 1.21 bits per heavy atom. The molecular formula is C20H22BrF3N4O. The molecule has 2 aliphatic heterocycles. The van der Waals surface area contributed by atoms with Crippen molar-refractivity contribution < 1.29 is 18.0 Å². The van der Waals surface area contributed by atoms with E-state index < -0.39 is 18.3 Å². The molecular weight excluding hydrogens is 449 g/mol. The van der Waals surface area contributed by atoms with Crippen molar-refractivity contribution in [2.75, 3.05) is 18.4 Å². The summed E-state index contributed by atoms with van der Waals surface area (Å²) < 4.78 is 43.2. The molecule has 1 fully saturated rings. The van der Waals surface area contributed by atoms with Crippen molar-refractivity contribution in [3.63, 3.8) is 0 Å². The molecule has 1 aromatic heterocycles. The summed E-state index contributed by atoms with van der Waals surface area (Å²) in [6, 6.07) is 6.34. The van der Waals surface area contributed by atoms with Crippen LogP contribution in [0.2, 0.25) is 0 Å². The van der Waals surface area contributed by atoms with E-state index >= 15 is 0 Å². The van der Waals surface area contributed by atoms with Crippen molar-refractivity contribution >= 4 is 27.7 Å². The van der Waals surface area contributed by atoms with Gasteiger partial charge in [-0.15, -0.1) is 0 Å². The summed E-state index contributed by atoms with van der Waals surface area (Å²) in [7, 11) is 0. The molecule has 29 heavy (non-hydrogen) atoms. The molecule has 3 heterocycles. The summed E-state index contributed by atoms with van der Waals surface area (Å²) in [4.78, 5) is 14.5. The van der Waals surface area contributed by atoms with E-state index in [1.54, 1.807) is 29.2 Å². The van der Waals surface area contributed by atoms with Crippen LogP contribution in [0.4, 0.5) is 19.0 Å². The lowest BCUT2D eigenvalue weighted by molar-refractivity contribution is -0.173. The fourth-order valence-electron chi connectivity index (χ4n) is 3.97. The molecule has 2 atom stereocenters. The topological polar surface area (TPSA) is 50.2 Å². The van der Waals surface area contributed by atoms with E-state index in [2.05, 4.69) is 33.3 Å². The van der Waals surface area contributed by atoms with Crippen LogP contribution < -0.4 is 5.32 Å². The Morgan fingerprint density at radius 2 is 1.86 bits per heavy atom. The molecule has 1 aromatic carbocycles. The first-order chi connectivity index (χ1) is 13.7. The van der Waals surface area contributed by atoms with Gasteiger partial charge in [0.05, 0.1) is 6.04 Å². The van der Waals surface area contributed by atoms with E-state index in [1.165, 1.54) is 6.07 Å². The summed E-state index contributed by atoms with van der Waals surface area (Å²) in [5.41, 5.74) is 0.820. The van der Waals surface area contributed by atoms with Crippen LogP contribution in [-0.2, 0) is 0 Å². The fourth-order valence-corrected chi connectivity index (χ4v) is 4.23. The number of nitrogens with zero attached hydrogens (tertiary/aromatic N) is 3. The monoisotopic (exact) mass is 470 g/mol. The number of fused-ring (bicyclic) bond motifs is 1. The van der Waals surface area contributed by atoms with Gasteiger partial charge >= 0.3 is 6.18 Å². The number of alkyl halides is 3. The predicted molar refractivity (Wildman–Crippen MR) is 107 cm³/mol. The van der Waals surface area contributed by atoms with Gasteiger partial charge < -0.3 is 10.2 Å². The number of halogens is 4. The van der Waals surface area contributed by atoms with Crippen molar-refractivity contribution in [2.45, 2.75) is 44.4 Å². The summed E-state index contributed by atoms with van der Waals surface area (Å²) in [6.07, 6.45) is -2.85. The van der Waals surface area contributed by atoms with Crippen LogP contribution in [0.1, 0.15) is 54.3 Å². The SMILES string of the molecule is CC1CCN(C(=O)c2cc3n(n2)[C@H](C(F)(F)F)C[C@@H](c2ccc(Br)cc2)N3)CC1. The number of hydrogen-bond donors (Lipinski definition) is 1. The standard InChI is InChI=1S/C20H22BrF3N4O/c1-12-6-8-27(9-7-12)19(29)16-11-18-25-15(13-2-4-14(21)5-3-13)10-17(20(22,23)24)28(18)26-16/h2-5,11-12,15,17,25H,6-10H2,1H3/t15-,17-/m0/s1. The Labute approximate surface area is 175 Å². The Morgan fingerprint density at radius 3 is 2.48 bits per heavy atom. The van der Waals surface area contributed by atoms with E-state index in [0.717, 1.165) is 27.6 Å². The molecule has 156 valence electrons. The molecule has 9 heteroatoms. The lowest BCUT2D eigenvalue weighted by atomic mass is 9.97. The summed E-state index contributed by atoms with van der Waals surface area (Å²) >= 11 is 3.34. The lowest BCUT2D eigenvalue weighted by Gasteiger charge is -2.33. The van der Waals surface area contributed by atoms with Crippen LogP contribution in [0.3, 0.4) is 0 Å². The van der Waals surface area contributed by atoms with Gasteiger partial charge in [-0.1, -0.05) is 35.0 Å². The van der Waals surface area contributed by atoms with Crippen LogP contribution in [0.5, 0.6) is 0 Å². The molecule has 0 saturated carbocycles. The van der Waals surface area contributed by atoms with E-state index in [1.807, 2.05) is 0 Å². The van der Waals surface area contributed by atoms with Gasteiger partial charge in [-0.2, -0.15) is 18.3 Å². The van der Waals surface area contributed by atoms with Gasteiger partial charge in [0.1, 0.15) is 5.82 Å². The number of carbonyl (C=O) groups is 1. The van der Waals surface area contributed by atoms with Crippen LogP contribution in [0.25, 0.3) is 0 Å². The number of piperidine rings is 1. The van der Waals surface area contributed by atoms with E-state index in [4.69, 9.17) is 0 Å². The quantitative estimate of drug-likeness (QED) is 0.657. The molecule has 1 amide bonds. The Hall–Kier alpha value is -2.03. The number of amides is 1. The molecule has 2 aromatic rings. The van der Waals surface area contributed by atoms with Crippen molar-refractivity contribution in [3.05, 3.63) is 46.1 Å². The highest BCUT2D eigenvalue weighted by atomic mass is 79.9. The van der Waals surface area contributed by atoms with Crippen molar-refractivity contribution in [3.8, 4) is 0 Å². The average Bonchev–Trinajstić information content (AvgIpc) is 3.11. The number of nitrogens with one attached hydrogen (secondary N) is 1. The van der Waals surface area contributed by atoms with Crippen molar-refractivity contribution in [2.24, 2.45) is 5.92 Å². The largest absolute Gasteiger partial charge is 0.410 e. The second-order valence-corrected chi connectivity index (χ2v) is 8.79. The van der Waals surface area contributed by atoms with Crippen LogP contribution >= 0.6 is 15.9 Å². The third-order valence-electron chi connectivity index (χ3n) is 5.75. The number of aromatic nitrogens is 2. The van der Waals surface area contributed by atoms with Gasteiger partial charge in [-0.25, -0.2) is 4.68 Å². The molecule has 2 aliphatic rings. The normalized spacial score (nSPS) is 22.9. The van der Waals surface area contributed by atoms with Gasteiger partial charge in [0.25, 0.3) is 5.91 Å². The fraction of sp³-hybridized carbons (Fsp3) is 0.500. The third kappa shape index (κ3) is 4.15. The minimum absolute atomic E-state index is 0.0627. The van der Waals surface area contributed by atoms with Crippen molar-refractivity contribution in [1.82, 2.24) is 14.7 Å². The van der Waals surface area contributed by atoms with E-state index in [0.29, 0.717) is 19.0 Å². The number of rotatable bonds is 2. The first-order valence-corrected chi connectivity index (χ1v) is 10.5. The van der Waals surface area contributed by atoms with Gasteiger partial charge in [-0.05, 0) is 36.5 Å². The molecule has 0 unspecified atom stereocenters. The average molecular weight is 471 g/mol. The maximum Gasteiger partial charge on any atom is 0.410 e. The molecule has 0 spiro atoms. The number of likely N-dealkylation sites (tertiary alicyclic amines) is 1. The minimum Gasteiger partial charge on any atom is -0.363 e. The molecule has 0 radical (unpaired) electrons. The van der Waals surface area contributed by atoms with Crippen LogP contribution in [0, 0.1) is 5.92 Å². The zero-order valence-corrected chi connectivity index (χ0v) is 17.5. The molecule has 0 bridgehead atoms. The second-order valence-electron chi connectivity index (χ2n) is 7.88. The molecule has 1 N–H and O–H groups in total. The Balaban J connectivity index is 1.63. The van der Waals surface area contributed by atoms with Gasteiger partial charge in [0.15, 0.2) is 11.7 Å². The van der Waals surface area contributed by atoms with Gasteiger partial charge in [0, 0.05) is 30.0 Å². The Bertz CT molecular complexity index is 888. The number of hydrogen-bond acceptors (Lipinski definition) is 3. The maximum atomic E-state index is 13.8. The third-order valence-corrected chi connectivity index (χ3v) is 6.28. The number of anilines is 1. The summed E-state index contributed by atoms with van der Waals surface area (Å²) in [5.74, 6) is 0.471. The molecule has 4 rings (SSSR count). The lowest BCUT2D eigenvalue weighted by Crippen LogP contribution is -2.38. The maximum absolute atomic E-state index is 13.8. The molecule has 5 nitrogen and oxygen atoms in total. The molecule has 0 aliphatic carbocycles. The van der Waals surface area contributed by atoms with Crippen LogP contribution in [0.15, 0.2) is 34.8 Å². The van der Waals surface area contributed by atoms with Gasteiger partial charge in [-0.3, -0.25) is 4.79 Å². The minimum atomic E-state index is -4.46. The summed E-state index contributed by atoms with van der Waals surface area (Å²) in [6.45, 7) is 3.36. The number of benzene rings is 1. The highest BCUT2D eigenvalue weighted by Gasteiger charge is 2.47. The first kappa shape index (κ1) is 20.3. The van der Waals surface area contributed by atoms with Crippen molar-refractivity contribution in [1.29, 1.82) is 0 Å². The first-order valence-electron chi connectivity index (χ1n) is 9.70. The highest BCUT2D eigenvalue weighted by Crippen LogP contribution is 2.43. The predicted octanol–water partition coefficient (Wildman–Crippen LogP) is 5.18.